The minimum atomic E-state index is -0.179. The molecule has 110 valence electrons. The Morgan fingerprint density at radius 3 is 3.05 bits per heavy atom. The van der Waals surface area contributed by atoms with Crippen LogP contribution in [0.4, 0.5) is 5.13 Å². The van der Waals surface area contributed by atoms with Crippen LogP contribution in [0.5, 0.6) is 0 Å². The van der Waals surface area contributed by atoms with Gasteiger partial charge in [-0.1, -0.05) is 23.5 Å². The molecule has 2 aromatic rings. The first-order valence-corrected chi connectivity index (χ1v) is 7.89. The number of benzene rings is 1. The topological polar surface area (TPSA) is 62.3 Å². The number of piperidine rings is 1. The highest BCUT2D eigenvalue weighted by atomic mass is 32.1. The number of amides is 2. The number of hydrogen-bond acceptors (Lipinski definition) is 4. The number of para-hydroxylation sites is 1. The van der Waals surface area contributed by atoms with Crippen molar-refractivity contribution in [3.05, 3.63) is 23.8 Å². The number of carbonyl (C=O) groups is 2. The van der Waals surface area contributed by atoms with E-state index in [0.29, 0.717) is 18.1 Å². The Morgan fingerprint density at radius 2 is 2.29 bits per heavy atom. The number of nitrogens with one attached hydrogen (secondary N) is 1. The highest BCUT2D eigenvalue weighted by Crippen LogP contribution is 2.27. The highest BCUT2D eigenvalue weighted by Gasteiger charge is 2.20. The van der Waals surface area contributed by atoms with E-state index in [4.69, 9.17) is 0 Å². The van der Waals surface area contributed by atoms with Crippen LogP contribution in [0.15, 0.2) is 18.2 Å². The molecule has 1 aromatic carbocycles. The fourth-order valence-electron chi connectivity index (χ4n) is 2.50. The predicted octanol–water partition coefficient (Wildman–Crippen LogP) is 2.56. The number of aryl methyl sites for hydroxylation is 1. The molecule has 1 aliphatic rings. The summed E-state index contributed by atoms with van der Waals surface area (Å²) >= 11 is 1.46. The summed E-state index contributed by atoms with van der Waals surface area (Å²) in [6, 6.07) is 5.97. The van der Waals surface area contributed by atoms with Gasteiger partial charge in [-0.15, -0.1) is 0 Å². The number of rotatable bonds is 3. The Morgan fingerprint density at radius 1 is 1.43 bits per heavy atom. The van der Waals surface area contributed by atoms with Gasteiger partial charge in [-0.25, -0.2) is 4.98 Å². The molecule has 6 heteroatoms. The molecule has 0 atom stereocenters. The maximum absolute atomic E-state index is 12.0. The third-order valence-electron chi connectivity index (χ3n) is 3.62. The largest absolute Gasteiger partial charge is 0.333 e. The van der Waals surface area contributed by atoms with E-state index >= 15 is 0 Å². The number of hydrogen-bond donors (Lipinski definition) is 1. The molecule has 0 bridgehead atoms. The van der Waals surface area contributed by atoms with E-state index in [0.717, 1.165) is 28.6 Å². The second kappa shape index (κ2) is 5.81. The van der Waals surface area contributed by atoms with Crippen molar-refractivity contribution in [2.45, 2.75) is 26.2 Å². The monoisotopic (exact) mass is 303 g/mol. The van der Waals surface area contributed by atoms with Crippen LogP contribution in [0.3, 0.4) is 0 Å². The van der Waals surface area contributed by atoms with Crippen LogP contribution in [-0.2, 0) is 9.59 Å². The maximum atomic E-state index is 12.0. The van der Waals surface area contributed by atoms with Gasteiger partial charge in [0.1, 0.15) is 0 Å². The summed E-state index contributed by atoms with van der Waals surface area (Å²) < 4.78 is 1.05. The minimum Gasteiger partial charge on any atom is -0.333 e. The van der Waals surface area contributed by atoms with E-state index in [1.165, 1.54) is 11.3 Å². The fourth-order valence-corrected chi connectivity index (χ4v) is 3.46. The molecule has 3 rings (SSSR count). The summed E-state index contributed by atoms with van der Waals surface area (Å²) in [4.78, 5) is 29.8. The molecule has 5 nitrogen and oxygen atoms in total. The van der Waals surface area contributed by atoms with E-state index < -0.39 is 0 Å². The quantitative estimate of drug-likeness (QED) is 0.948. The zero-order chi connectivity index (χ0) is 14.8. The lowest BCUT2D eigenvalue weighted by Crippen LogP contribution is -2.40. The molecule has 1 N–H and O–H groups in total. The van der Waals surface area contributed by atoms with Crippen LogP contribution in [0.1, 0.15) is 24.8 Å². The number of nitrogens with zero attached hydrogens (tertiary/aromatic N) is 2. The molecular formula is C15H17N3O2S. The first-order chi connectivity index (χ1) is 10.1. The lowest BCUT2D eigenvalue weighted by atomic mass is 10.1. The van der Waals surface area contributed by atoms with Crippen LogP contribution in [-0.4, -0.2) is 34.8 Å². The second-order valence-corrected chi connectivity index (χ2v) is 6.29. The SMILES string of the molecule is Cc1cccc2sc(NC(=O)CN3CCCCC3=O)nc12. The van der Waals surface area contributed by atoms with Gasteiger partial charge in [-0.05, 0) is 31.4 Å². The number of fused-ring (bicyclic) bond motifs is 1. The van der Waals surface area contributed by atoms with Crippen LogP contribution in [0.25, 0.3) is 10.2 Å². The Balaban J connectivity index is 1.68. The molecule has 21 heavy (non-hydrogen) atoms. The molecule has 2 amide bonds. The maximum Gasteiger partial charge on any atom is 0.245 e. The first-order valence-electron chi connectivity index (χ1n) is 7.07. The smallest absolute Gasteiger partial charge is 0.245 e. The van der Waals surface area contributed by atoms with Gasteiger partial charge in [0.15, 0.2) is 5.13 Å². The summed E-state index contributed by atoms with van der Waals surface area (Å²) in [5.41, 5.74) is 2.02. The number of thiazole rings is 1. The molecule has 1 aliphatic heterocycles. The standard InChI is InChI=1S/C15H17N3O2S/c1-10-5-4-6-11-14(10)17-15(21-11)16-12(19)9-18-8-3-2-7-13(18)20/h4-6H,2-3,7-9H2,1H3,(H,16,17,19). The molecule has 1 fully saturated rings. The highest BCUT2D eigenvalue weighted by molar-refractivity contribution is 7.22. The number of aromatic nitrogens is 1. The molecule has 0 spiro atoms. The van der Waals surface area contributed by atoms with Gasteiger partial charge in [0.25, 0.3) is 0 Å². The number of carbonyl (C=O) groups excluding carboxylic acids is 2. The van der Waals surface area contributed by atoms with Crippen molar-refractivity contribution in [3.63, 3.8) is 0 Å². The van der Waals surface area contributed by atoms with Crippen molar-refractivity contribution < 1.29 is 9.59 Å². The van der Waals surface area contributed by atoms with Gasteiger partial charge in [-0.2, -0.15) is 0 Å². The Kier molecular flexibility index (Phi) is 3.88. The Labute approximate surface area is 127 Å². The average Bonchev–Trinajstić information content (AvgIpc) is 2.85. The van der Waals surface area contributed by atoms with E-state index in [2.05, 4.69) is 10.3 Å². The van der Waals surface area contributed by atoms with E-state index in [-0.39, 0.29) is 18.4 Å². The lowest BCUT2D eigenvalue weighted by Gasteiger charge is -2.25. The molecule has 0 radical (unpaired) electrons. The Hall–Kier alpha value is -1.95. The third kappa shape index (κ3) is 3.05. The van der Waals surface area contributed by atoms with Gasteiger partial charge in [0.05, 0.1) is 16.8 Å². The van der Waals surface area contributed by atoms with E-state index in [9.17, 15) is 9.59 Å². The fraction of sp³-hybridized carbons (Fsp3) is 0.400. The van der Waals surface area contributed by atoms with Crippen LogP contribution >= 0.6 is 11.3 Å². The van der Waals surface area contributed by atoms with Gasteiger partial charge >= 0.3 is 0 Å². The third-order valence-corrected chi connectivity index (χ3v) is 4.56. The summed E-state index contributed by atoms with van der Waals surface area (Å²) in [7, 11) is 0. The molecule has 0 unspecified atom stereocenters. The van der Waals surface area contributed by atoms with Gasteiger partial charge in [-0.3, -0.25) is 9.59 Å². The molecule has 1 aromatic heterocycles. The van der Waals surface area contributed by atoms with Crippen molar-refractivity contribution in [3.8, 4) is 0 Å². The zero-order valence-corrected chi connectivity index (χ0v) is 12.7. The van der Waals surface area contributed by atoms with Crippen molar-refractivity contribution >= 4 is 38.5 Å². The predicted molar refractivity (Wildman–Crippen MR) is 83.4 cm³/mol. The lowest BCUT2D eigenvalue weighted by molar-refractivity contribution is -0.136. The van der Waals surface area contributed by atoms with Crippen molar-refractivity contribution in [2.75, 3.05) is 18.4 Å². The summed E-state index contributed by atoms with van der Waals surface area (Å²) in [6.45, 7) is 2.79. The molecule has 1 saturated heterocycles. The second-order valence-electron chi connectivity index (χ2n) is 5.26. The zero-order valence-electron chi connectivity index (χ0n) is 11.9. The summed E-state index contributed by atoms with van der Waals surface area (Å²) in [5, 5.41) is 3.39. The van der Waals surface area contributed by atoms with Crippen LogP contribution in [0, 0.1) is 6.92 Å². The Bertz CT molecular complexity index is 695. The molecule has 0 aliphatic carbocycles. The summed E-state index contributed by atoms with van der Waals surface area (Å²) in [5.74, 6) is -0.112. The van der Waals surface area contributed by atoms with E-state index in [1.54, 1.807) is 4.90 Å². The molecular weight excluding hydrogens is 286 g/mol. The van der Waals surface area contributed by atoms with E-state index in [1.807, 2.05) is 25.1 Å². The van der Waals surface area contributed by atoms with Crippen LogP contribution < -0.4 is 5.32 Å². The number of likely N-dealkylation sites (tertiary alicyclic amines) is 1. The minimum absolute atomic E-state index is 0.0662. The average molecular weight is 303 g/mol. The summed E-state index contributed by atoms with van der Waals surface area (Å²) in [6.07, 6.45) is 2.45. The normalized spacial score (nSPS) is 15.5. The van der Waals surface area contributed by atoms with Crippen LogP contribution in [0.2, 0.25) is 0 Å². The molecule has 2 heterocycles. The van der Waals surface area contributed by atoms with Crippen molar-refractivity contribution in [1.29, 1.82) is 0 Å². The van der Waals surface area contributed by atoms with Gasteiger partial charge in [0, 0.05) is 13.0 Å². The first kappa shape index (κ1) is 14.0. The van der Waals surface area contributed by atoms with Gasteiger partial charge < -0.3 is 10.2 Å². The van der Waals surface area contributed by atoms with Gasteiger partial charge in [0.2, 0.25) is 11.8 Å². The van der Waals surface area contributed by atoms with Crippen molar-refractivity contribution in [1.82, 2.24) is 9.88 Å². The molecule has 0 saturated carbocycles. The number of anilines is 1. The van der Waals surface area contributed by atoms with Crippen molar-refractivity contribution in [2.24, 2.45) is 0 Å².